The molecule has 7 heteroatoms. The van der Waals surface area contributed by atoms with E-state index in [1.807, 2.05) is 4.90 Å². The standard InChI is InChI=1S/C21H28N4OS.HI/c1-2-22-21(23-12-11-19-5-4-14-27-19)24-15-17-7-9-18(10-8-17)16-25-13-3-6-20(25)26;/h4-5,7-10,14H,2-3,6,11-13,15-16H2,1H3,(H2,22,23,24);1H. The molecule has 1 aliphatic heterocycles. The second kappa shape index (κ2) is 12.1. The molecule has 2 aromatic rings. The van der Waals surface area contributed by atoms with Gasteiger partial charge in [-0.15, -0.1) is 35.3 Å². The van der Waals surface area contributed by atoms with Gasteiger partial charge in [-0.1, -0.05) is 30.3 Å². The van der Waals surface area contributed by atoms with Crippen LogP contribution in [-0.2, 0) is 24.3 Å². The van der Waals surface area contributed by atoms with Crippen LogP contribution in [0.5, 0.6) is 0 Å². The molecule has 2 N–H and O–H groups in total. The molecular formula is C21H29IN4OS. The molecule has 0 atom stereocenters. The molecule has 5 nitrogen and oxygen atoms in total. The minimum Gasteiger partial charge on any atom is -0.357 e. The van der Waals surface area contributed by atoms with Crippen molar-refractivity contribution in [1.29, 1.82) is 0 Å². The molecule has 1 aromatic carbocycles. The first-order valence-corrected chi connectivity index (χ1v) is 10.5. The maximum atomic E-state index is 11.7. The molecule has 0 radical (unpaired) electrons. The van der Waals surface area contributed by atoms with E-state index in [1.165, 1.54) is 16.0 Å². The van der Waals surface area contributed by atoms with E-state index in [4.69, 9.17) is 0 Å². The molecule has 3 rings (SSSR count). The topological polar surface area (TPSA) is 56.7 Å². The van der Waals surface area contributed by atoms with Gasteiger partial charge in [0.2, 0.25) is 5.91 Å². The number of aliphatic imine (C=N–C) groups is 1. The summed E-state index contributed by atoms with van der Waals surface area (Å²) >= 11 is 1.79. The van der Waals surface area contributed by atoms with Gasteiger partial charge in [0, 0.05) is 37.5 Å². The number of thiophene rings is 1. The van der Waals surface area contributed by atoms with Gasteiger partial charge in [-0.3, -0.25) is 4.79 Å². The molecule has 0 aliphatic carbocycles. The van der Waals surface area contributed by atoms with E-state index in [-0.39, 0.29) is 29.9 Å². The molecular weight excluding hydrogens is 483 g/mol. The van der Waals surface area contributed by atoms with Crippen molar-refractivity contribution in [2.75, 3.05) is 19.6 Å². The molecule has 2 heterocycles. The molecule has 0 spiro atoms. The normalized spacial score (nSPS) is 14.1. The summed E-state index contributed by atoms with van der Waals surface area (Å²) in [6.07, 6.45) is 2.68. The predicted octanol–water partition coefficient (Wildman–Crippen LogP) is 3.79. The SMILES string of the molecule is CCNC(=NCc1ccc(CN2CCCC2=O)cc1)NCCc1cccs1.I. The summed E-state index contributed by atoms with van der Waals surface area (Å²) in [6.45, 7) is 6.02. The number of carbonyl (C=O) groups is 1. The smallest absolute Gasteiger partial charge is 0.222 e. The summed E-state index contributed by atoms with van der Waals surface area (Å²) in [7, 11) is 0. The van der Waals surface area contributed by atoms with Crippen LogP contribution >= 0.6 is 35.3 Å². The van der Waals surface area contributed by atoms with E-state index in [0.29, 0.717) is 13.0 Å². The molecule has 1 saturated heterocycles. The van der Waals surface area contributed by atoms with Gasteiger partial charge in [-0.2, -0.15) is 0 Å². The molecule has 152 valence electrons. The lowest BCUT2D eigenvalue weighted by molar-refractivity contribution is -0.128. The number of rotatable bonds is 8. The Bertz CT molecular complexity index is 746. The zero-order chi connectivity index (χ0) is 18.9. The number of likely N-dealkylation sites (tertiary alicyclic amines) is 1. The number of halogens is 1. The molecule has 0 unspecified atom stereocenters. The average Bonchev–Trinajstić information content (AvgIpc) is 3.33. The van der Waals surface area contributed by atoms with Gasteiger partial charge in [-0.25, -0.2) is 4.99 Å². The monoisotopic (exact) mass is 512 g/mol. The van der Waals surface area contributed by atoms with Crippen LogP contribution in [0.4, 0.5) is 0 Å². The highest BCUT2D eigenvalue weighted by molar-refractivity contribution is 14.0. The van der Waals surface area contributed by atoms with Crippen molar-refractivity contribution in [3.63, 3.8) is 0 Å². The van der Waals surface area contributed by atoms with Crippen LogP contribution in [0.3, 0.4) is 0 Å². The highest BCUT2D eigenvalue weighted by Crippen LogP contribution is 2.15. The predicted molar refractivity (Wildman–Crippen MR) is 127 cm³/mol. The Morgan fingerprint density at radius 1 is 1.18 bits per heavy atom. The fourth-order valence-corrected chi connectivity index (χ4v) is 3.82. The Morgan fingerprint density at radius 3 is 2.61 bits per heavy atom. The van der Waals surface area contributed by atoms with Crippen LogP contribution in [0, 0.1) is 0 Å². The van der Waals surface area contributed by atoms with Crippen LogP contribution in [-0.4, -0.2) is 36.4 Å². The molecule has 28 heavy (non-hydrogen) atoms. The van der Waals surface area contributed by atoms with Crippen molar-refractivity contribution < 1.29 is 4.79 Å². The van der Waals surface area contributed by atoms with Crippen LogP contribution in [0.1, 0.15) is 35.8 Å². The van der Waals surface area contributed by atoms with E-state index in [2.05, 4.69) is 64.3 Å². The van der Waals surface area contributed by atoms with Crippen molar-refractivity contribution in [2.24, 2.45) is 4.99 Å². The molecule has 1 fully saturated rings. The van der Waals surface area contributed by atoms with Gasteiger partial charge in [0.1, 0.15) is 0 Å². The number of guanidine groups is 1. The summed E-state index contributed by atoms with van der Waals surface area (Å²) < 4.78 is 0. The Balaban J connectivity index is 0.00000280. The highest BCUT2D eigenvalue weighted by atomic mass is 127. The number of carbonyl (C=O) groups excluding carboxylic acids is 1. The maximum absolute atomic E-state index is 11.7. The summed E-state index contributed by atoms with van der Waals surface area (Å²) in [5.41, 5.74) is 2.35. The third kappa shape index (κ3) is 7.09. The lowest BCUT2D eigenvalue weighted by atomic mass is 10.1. The number of hydrogen-bond donors (Lipinski definition) is 2. The van der Waals surface area contributed by atoms with Crippen LogP contribution in [0.2, 0.25) is 0 Å². The minimum absolute atomic E-state index is 0. The lowest BCUT2D eigenvalue weighted by Crippen LogP contribution is -2.38. The molecule has 1 amide bonds. The Labute approximate surface area is 188 Å². The number of benzene rings is 1. The first kappa shape index (κ1) is 22.7. The third-order valence-electron chi connectivity index (χ3n) is 4.58. The van der Waals surface area contributed by atoms with Crippen LogP contribution in [0.15, 0.2) is 46.8 Å². The average molecular weight is 512 g/mol. The zero-order valence-electron chi connectivity index (χ0n) is 16.3. The number of hydrogen-bond acceptors (Lipinski definition) is 3. The summed E-state index contributed by atoms with van der Waals surface area (Å²) in [4.78, 5) is 19.7. The first-order valence-electron chi connectivity index (χ1n) is 9.64. The second-order valence-electron chi connectivity index (χ2n) is 6.69. The quantitative estimate of drug-likeness (QED) is 0.322. The van der Waals surface area contributed by atoms with Crippen molar-refractivity contribution in [2.45, 2.75) is 39.3 Å². The fraction of sp³-hybridized carbons (Fsp3) is 0.429. The summed E-state index contributed by atoms with van der Waals surface area (Å²) in [5.74, 6) is 1.12. The van der Waals surface area contributed by atoms with E-state index in [9.17, 15) is 4.79 Å². The number of nitrogens with one attached hydrogen (secondary N) is 2. The van der Waals surface area contributed by atoms with Gasteiger partial charge in [-0.05, 0) is 42.3 Å². The van der Waals surface area contributed by atoms with Gasteiger partial charge in [0.25, 0.3) is 0 Å². The summed E-state index contributed by atoms with van der Waals surface area (Å²) in [6, 6.07) is 12.7. The van der Waals surface area contributed by atoms with Crippen molar-refractivity contribution in [3.8, 4) is 0 Å². The Kier molecular flexibility index (Phi) is 9.77. The summed E-state index contributed by atoms with van der Waals surface area (Å²) in [5, 5.41) is 8.80. The molecule has 0 bridgehead atoms. The van der Waals surface area contributed by atoms with Gasteiger partial charge >= 0.3 is 0 Å². The number of amides is 1. The van der Waals surface area contributed by atoms with E-state index >= 15 is 0 Å². The molecule has 1 aliphatic rings. The van der Waals surface area contributed by atoms with Crippen molar-refractivity contribution >= 4 is 47.2 Å². The lowest BCUT2D eigenvalue weighted by Gasteiger charge is -2.15. The van der Waals surface area contributed by atoms with Crippen molar-refractivity contribution in [1.82, 2.24) is 15.5 Å². The van der Waals surface area contributed by atoms with Crippen molar-refractivity contribution in [3.05, 3.63) is 57.8 Å². The largest absolute Gasteiger partial charge is 0.357 e. The van der Waals surface area contributed by atoms with E-state index in [0.717, 1.165) is 45.0 Å². The second-order valence-corrected chi connectivity index (χ2v) is 7.72. The van der Waals surface area contributed by atoms with E-state index < -0.39 is 0 Å². The van der Waals surface area contributed by atoms with Gasteiger partial charge in [0.15, 0.2) is 5.96 Å². The van der Waals surface area contributed by atoms with Crippen LogP contribution in [0.25, 0.3) is 0 Å². The Hall–Kier alpha value is -1.61. The fourth-order valence-electron chi connectivity index (χ4n) is 3.11. The third-order valence-corrected chi connectivity index (χ3v) is 5.51. The van der Waals surface area contributed by atoms with E-state index in [1.54, 1.807) is 11.3 Å². The first-order chi connectivity index (χ1) is 13.2. The highest BCUT2D eigenvalue weighted by Gasteiger charge is 2.19. The van der Waals surface area contributed by atoms with Gasteiger partial charge in [0.05, 0.1) is 6.54 Å². The molecule has 1 aromatic heterocycles. The minimum atomic E-state index is 0. The maximum Gasteiger partial charge on any atom is 0.222 e. The molecule has 0 saturated carbocycles. The Morgan fingerprint density at radius 2 is 1.96 bits per heavy atom. The zero-order valence-corrected chi connectivity index (χ0v) is 19.5. The van der Waals surface area contributed by atoms with Crippen LogP contribution < -0.4 is 10.6 Å². The number of nitrogens with zero attached hydrogens (tertiary/aromatic N) is 2. The van der Waals surface area contributed by atoms with Gasteiger partial charge < -0.3 is 15.5 Å².